The Kier molecular flexibility index (Phi) is 44.7. The molecule has 4 nitrogen and oxygen atoms in total. The Balaban J connectivity index is -0.000000688. The minimum absolute atomic E-state index is 0. The molecule has 0 saturated carbocycles. The Hall–Kier alpha value is -0.957. The van der Waals surface area contributed by atoms with Gasteiger partial charge in [-0.2, -0.15) is 0 Å². The maximum Gasteiger partial charge on any atom is 2.00 e. The van der Waals surface area contributed by atoms with Crippen molar-refractivity contribution in [2.45, 2.75) is 194 Å². The summed E-state index contributed by atoms with van der Waals surface area (Å²) < 4.78 is 0. The molecule has 0 aliphatic carbocycles. The van der Waals surface area contributed by atoms with E-state index in [4.69, 9.17) is 0 Å². The van der Waals surface area contributed by atoms with Gasteiger partial charge in [-0.15, -0.1) is 0 Å². The second kappa shape index (κ2) is 41.2. The zero-order chi connectivity index (χ0) is 29.8. The summed E-state index contributed by atoms with van der Waals surface area (Å²) in [4.78, 5) is 20.4. The van der Waals surface area contributed by atoms with Gasteiger partial charge in [0.05, 0.1) is 0 Å². The van der Waals surface area contributed by atoms with Crippen molar-refractivity contribution in [2.75, 3.05) is 0 Å². The zero-order valence-electron chi connectivity index (χ0n) is 27.4. The van der Waals surface area contributed by atoms with Crippen LogP contribution in [-0.2, 0) is 29.1 Å². The minimum Gasteiger partial charge on any atom is -0.550 e. The van der Waals surface area contributed by atoms with Gasteiger partial charge in [-0.05, 0) is 77.0 Å². The van der Waals surface area contributed by atoms with Gasteiger partial charge >= 0.3 is 19.5 Å². The smallest absolute Gasteiger partial charge is 0.550 e. The van der Waals surface area contributed by atoms with E-state index in [0.717, 1.165) is 25.7 Å². The normalized spacial score (nSPS) is 11.0. The van der Waals surface area contributed by atoms with Crippen LogP contribution in [0.4, 0.5) is 0 Å². The first-order valence-corrected chi connectivity index (χ1v) is 17.2. The summed E-state index contributed by atoms with van der Waals surface area (Å²) >= 11 is 0. The number of hydrogen-bond donors (Lipinski definition) is 0. The van der Waals surface area contributed by atoms with E-state index in [1.54, 1.807) is 0 Å². The first-order chi connectivity index (χ1) is 19.5. The van der Waals surface area contributed by atoms with E-state index in [0.29, 0.717) is 0 Å². The predicted molar refractivity (Wildman–Crippen MR) is 169 cm³/mol. The molecule has 0 bridgehead atoms. The van der Waals surface area contributed by atoms with Crippen molar-refractivity contribution in [1.82, 2.24) is 0 Å². The molecule has 0 aromatic heterocycles. The van der Waals surface area contributed by atoms with Gasteiger partial charge < -0.3 is 19.8 Å². The molecule has 0 heterocycles. The van der Waals surface area contributed by atoms with Crippen LogP contribution in [0.3, 0.4) is 0 Å². The molecule has 0 N–H and O–H groups in total. The molecule has 0 fully saturated rings. The molecule has 0 aromatic rings. The first-order valence-electron chi connectivity index (χ1n) is 17.2. The van der Waals surface area contributed by atoms with Gasteiger partial charge in [-0.1, -0.05) is 141 Å². The van der Waals surface area contributed by atoms with Crippen LogP contribution in [0.25, 0.3) is 0 Å². The second-order valence-electron chi connectivity index (χ2n) is 11.4. The molecule has 0 amide bonds. The molecule has 41 heavy (non-hydrogen) atoms. The maximum atomic E-state index is 10.2. The van der Waals surface area contributed by atoms with Crippen LogP contribution in [0.2, 0.25) is 0 Å². The number of rotatable bonds is 30. The van der Waals surface area contributed by atoms with E-state index in [-0.39, 0.29) is 32.3 Å². The molecule has 236 valence electrons. The molecule has 0 saturated heterocycles. The molecule has 0 aliphatic heterocycles. The number of unbranched alkanes of at least 4 members (excludes halogenated alkanes) is 22. The first kappa shape index (κ1) is 44.5. The van der Waals surface area contributed by atoms with Crippen molar-refractivity contribution >= 4 is 11.9 Å². The van der Waals surface area contributed by atoms with Gasteiger partial charge in [0.15, 0.2) is 0 Å². The summed E-state index contributed by atoms with van der Waals surface area (Å²) in [6.07, 6.45) is 41.8. The van der Waals surface area contributed by atoms with Crippen LogP contribution in [0.15, 0.2) is 24.3 Å². The van der Waals surface area contributed by atoms with Crippen LogP contribution in [0, 0.1) is 0 Å². The van der Waals surface area contributed by atoms with E-state index in [2.05, 4.69) is 38.2 Å². The summed E-state index contributed by atoms with van der Waals surface area (Å²) in [7, 11) is 0. The Morgan fingerprint density at radius 1 is 0.390 bits per heavy atom. The van der Waals surface area contributed by atoms with Crippen molar-refractivity contribution < 1.29 is 39.3 Å². The second-order valence-corrected chi connectivity index (χ2v) is 11.4. The van der Waals surface area contributed by atoms with Crippen LogP contribution >= 0.6 is 0 Å². The number of hydrogen-bond acceptors (Lipinski definition) is 4. The monoisotopic (exact) mass is 626 g/mol. The van der Waals surface area contributed by atoms with Crippen molar-refractivity contribution in [2.24, 2.45) is 0 Å². The van der Waals surface area contributed by atoms with Crippen molar-refractivity contribution in [3.8, 4) is 0 Å². The Morgan fingerprint density at radius 2 is 0.610 bits per heavy atom. The van der Waals surface area contributed by atoms with Gasteiger partial charge in [-0.25, -0.2) is 0 Å². The van der Waals surface area contributed by atoms with E-state index >= 15 is 0 Å². The number of carboxylic acid groups (broad SMARTS) is 2. The van der Waals surface area contributed by atoms with Gasteiger partial charge in [0.2, 0.25) is 0 Å². The average Bonchev–Trinajstić information content (AvgIpc) is 2.93. The van der Waals surface area contributed by atoms with Crippen molar-refractivity contribution in [3.05, 3.63) is 24.3 Å². The van der Waals surface area contributed by atoms with Gasteiger partial charge in [-0.3, -0.25) is 0 Å². The molecule has 0 unspecified atom stereocenters. The van der Waals surface area contributed by atoms with Crippen LogP contribution < -0.4 is 10.2 Å². The van der Waals surface area contributed by atoms with Crippen LogP contribution in [-0.4, -0.2) is 11.9 Å². The molecule has 0 spiro atoms. The van der Waals surface area contributed by atoms with Crippen LogP contribution in [0.5, 0.6) is 0 Å². The predicted octanol–water partition coefficient (Wildman–Crippen LogP) is 9.55. The summed E-state index contributed by atoms with van der Waals surface area (Å²) in [6, 6.07) is 0. The van der Waals surface area contributed by atoms with Gasteiger partial charge in [0, 0.05) is 11.9 Å². The molecule has 0 aromatic carbocycles. The number of carbonyl (C=O) groups excluding carboxylic acids is 2. The summed E-state index contributed by atoms with van der Waals surface area (Å²) in [5.41, 5.74) is 0. The molecule has 0 radical (unpaired) electrons. The number of carbonyl (C=O) groups is 2. The van der Waals surface area contributed by atoms with E-state index < -0.39 is 11.9 Å². The Bertz CT molecular complexity index is 524. The molecule has 0 aliphatic rings. The fourth-order valence-corrected chi connectivity index (χ4v) is 4.68. The van der Waals surface area contributed by atoms with E-state index in [1.807, 2.05) is 0 Å². The fraction of sp³-hybridized carbons (Fsp3) is 0.833. The standard InChI is InChI=1S/2C18H34O2.Zn/c2*1-2-3-4-5-6-7-8-9-10-11-12-13-14-15-16-17-18(19)20;/h2*7-8H,2-6,9-17H2,1H3,(H,19,20);/q;;+2/p-2/b2*8-7-;. The molecular weight excluding hydrogens is 562 g/mol. The third-order valence-corrected chi connectivity index (χ3v) is 7.29. The van der Waals surface area contributed by atoms with Gasteiger partial charge in [0.25, 0.3) is 0 Å². The molecule has 0 atom stereocenters. The summed E-state index contributed by atoms with van der Waals surface area (Å²) in [5.74, 6) is -1.82. The van der Waals surface area contributed by atoms with Gasteiger partial charge in [0.1, 0.15) is 0 Å². The third kappa shape index (κ3) is 49.1. The van der Waals surface area contributed by atoms with Crippen LogP contribution in [0.1, 0.15) is 194 Å². The van der Waals surface area contributed by atoms with Crippen molar-refractivity contribution in [1.29, 1.82) is 0 Å². The molecule has 5 heteroatoms. The van der Waals surface area contributed by atoms with E-state index in [9.17, 15) is 19.8 Å². The number of allylic oxidation sites excluding steroid dienone is 4. The third-order valence-electron chi connectivity index (χ3n) is 7.29. The SMILES string of the molecule is CCCCCC/C=C\CCCCCCCCCC(=O)[O-].CCCCCC/C=C\CCCCCCCCCC(=O)[O-].[Zn+2]. The minimum atomic E-state index is -0.911. The maximum absolute atomic E-state index is 10.2. The average molecular weight is 628 g/mol. The largest absolute Gasteiger partial charge is 2.00 e. The number of carboxylic acids is 2. The summed E-state index contributed by atoms with van der Waals surface area (Å²) in [6.45, 7) is 4.50. The quantitative estimate of drug-likeness (QED) is 0.0451. The Labute approximate surface area is 268 Å². The Morgan fingerprint density at radius 3 is 0.854 bits per heavy atom. The van der Waals surface area contributed by atoms with E-state index in [1.165, 1.54) is 141 Å². The molecule has 0 rings (SSSR count). The fourth-order valence-electron chi connectivity index (χ4n) is 4.68. The number of aliphatic carboxylic acids is 2. The summed E-state index contributed by atoms with van der Waals surface area (Å²) in [5, 5.41) is 20.4. The molecular formula is C36H66O4Zn. The van der Waals surface area contributed by atoms with Crippen molar-refractivity contribution in [3.63, 3.8) is 0 Å². The topological polar surface area (TPSA) is 80.3 Å². The zero-order valence-corrected chi connectivity index (χ0v) is 30.4.